The Morgan fingerprint density at radius 1 is 1.73 bits per heavy atom. The summed E-state index contributed by atoms with van der Waals surface area (Å²) < 4.78 is 5.15. The van der Waals surface area contributed by atoms with Gasteiger partial charge in [0.2, 0.25) is 0 Å². The van der Waals surface area contributed by atoms with E-state index in [0.717, 1.165) is 17.9 Å². The van der Waals surface area contributed by atoms with Gasteiger partial charge in [-0.3, -0.25) is 4.79 Å². The van der Waals surface area contributed by atoms with Crippen LogP contribution in [0.4, 0.5) is 0 Å². The average Bonchev–Trinajstić information content (AvgIpc) is 2.73. The van der Waals surface area contributed by atoms with Gasteiger partial charge in [0.1, 0.15) is 5.82 Å². The molecule has 1 heterocycles. The lowest BCUT2D eigenvalue weighted by molar-refractivity contribution is -0.137. The maximum absolute atomic E-state index is 10.9. The highest BCUT2D eigenvalue weighted by molar-refractivity contribution is 8.24. The van der Waals surface area contributed by atoms with Gasteiger partial charge >= 0.3 is 5.97 Å². The summed E-state index contributed by atoms with van der Waals surface area (Å²) in [5.74, 6) is 0.846. The summed E-state index contributed by atoms with van der Waals surface area (Å²) in [5, 5.41) is 0. The molecule has 0 fully saturated rings. The number of aryl methyl sites for hydroxylation is 1. The fourth-order valence-electron chi connectivity index (χ4n) is 0.907. The van der Waals surface area contributed by atoms with E-state index in [4.69, 9.17) is 12.2 Å². The van der Waals surface area contributed by atoms with Gasteiger partial charge in [0.05, 0.1) is 29.0 Å². The van der Waals surface area contributed by atoms with Crippen molar-refractivity contribution in [2.24, 2.45) is 0 Å². The van der Waals surface area contributed by atoms with Gasteiger partial charge in [0.15, 0.2) is 0 Å². The third kappa shape index (κ3) is 3.64. The molecule has 1 N–H and O–H groups in total. The van der Waals surface area contributed by atoms with E-state index in [2.05, 4.69) is 14.7 Å². The Bertz CT molecular complexity index is 363. The van der Waals surface area contributed by atoms with Crippen LogP contribution in [-0.4, -0.2) is 33.0 Å². The fourth-order valence-corrected chi connectivity index (χ4v) is 1.81. The molecule has 0 saturated heterocycles. The van der Waals surface area contributed by atoms with Gasteiger partial charge in [-0.15, -0.1) is 11.8 Å². The molecule has 1 aromatic heterocycles. The van der Waals surface area contributed by atoms with Crippen molar-refractivity contribution < 1.29 is 9.53 Å². The van der Waals surface area contributed by atoms with Crippen LogP contribution in [0.2, 0.25) is 0 Å². The summed E-state index contributed by atoms with van der Waals surface area (Å²) in [6.07, 6.45) is 2.52. The Morgan fingerprint density at radius 2 is 2.47 bits per heavy atom. The van der Waals surface area contributed by atoms with Crippen LogP contribution in [0.3, 0.4) is 0 Å². The lowest BCUT2D eigenvalue weighted by atomic mass is 10.5. The summed E-state index contributed by atoms with van der Waals surface area (Å²) >= 11 is 6.40. The van der Waals surface area contributed by atoms with Gasteiger partial charge in [-0.05, 0) is 0 Å². The first kappa shape index (κ1) is 12.2. The number of ether oxygens (including phenoxy) is 1. The molecule has 0 bridgehead atoms. The van der Waals surface area contributed by atoms with Crippen LogP contribution in [0.1, 0.15) is 18.4 Å². The molecule has 4 nitrogen and oxygen atoms in total. The van der Waals surface area contributed by atoms with Gasteiger partial charge in [-0.1, -0.05) is 19.1 Å². The Labute approximate surface area is 97.8 Å². The maximum Gasteiger partial charge on any atom is 0.316 e. The minimum absolute atomic E-state index is 0.232. The van der Waals surface area contributed by atoms with E-state index in [9.17, 15) is 4.79 Å². The van der Waals surface area contributed by atoms with E-state index >= 15 is 0 Å². The number of H-pyrrole nitrogens is 1. The molecule has 0 aliphatic carbocycles. The zero-order chi connectivity index (χ0) is 11.3. The quantitative estimate of drug-likeness (QED) is 0.643. The van der Waals surface area contributed by atoms with Crippen molar-refractivity contribution in [3.05, 3.63) is 17.7 Å². The third-order valence-electron chi connectivity index (χ3n) is 1.73. The summed E-state index contributed by atoms with van der Waals surface area (Å²) in [6.45, 7) is 2.01. The van der Waals surface area contributed by atoms with Crippen LogP contribution in [0, 0.1) is 0 Å². The SMILES string of the molecule is CCc1ncc(C(=S)SCC(=O)OC)[nH]1. The highest BCUT2D eigenvalue weighted by Crippen LogP contribution is 2.12. The molecule has 0 amide bonds. The number of nitrogens with one attached hydrogen (secondary N) is 1. The molecule has 0 unspecified atom stereocenters. The Morgan fingerprint density at radius 3 is 3.00 bits per heavy atom. The van der Waals surface area contributed by atoms with Gasteiger partial charge in [0.25, 0.3) is 0 Å². The van der Waals surface area contributed by atoms with E-state index < -0.39 is 0 Å². The van der Waals surface area contributed by atoms with E-state index in [1.807, 2.05) is 6.92 Å². The number of carbonyl (C=O) groups excluding carboxylic acids is 1. The van der Waals surface area contributed by atoms with Crippen molar-refractivity contribution in [2.45, 2.75) is 13.3 Å². The van der Waals surface area contributed by atoms with Crippen LogP contribution in [0.15, 0.2) is 6.20 Å². The Kier molecular flexibility index (Phi) is 4.77. The predicted octanol–water partition coefficient (Wildman–Crippen LogP) is 1.55. The fraction of sp³-hybridized carbons (Fsp3) is 0.444. The number of esters is 1. The van der Waals surface area contributed by atoms with Crippen LogP contribution in [0.5, 0.6) is 0 Å². The van der Waals surface area contributed by atoms with Gasteiger partial charge in [-0.25, -0.2) is 4.98 Å². The number of thiocarbonyl (C=S) groups is 1. The zero-order valence-electron chi connectivity index (χ0n) is 8.57. The standard InChI is InChI=1S/C9H12N2O2S2/c1-3-7-10-4-6(11-7)9(14)15-5-8(12)13-2/h4H,3,5H2,1-2H3,(H,10,11). The highest BCUT2D eigenvalue weighted by Gasteiger charge is 2.08. The summed E-state index contributed by atoms with van der Waals surface area (Å²) in [6, 6.07) is 0. The van der Waals surface area contributed by atoms with Crippen molar-refractivity contribution in [1.29, 1.82) is 0 Å². The molecule has 15 heavy (non-hydrogen) atoms. The molecule has 0 spiro atoms. The number of carbonyl (C=O) groups is 1. The molecular weight excluding hydrogens is 232 g/mol. The number of aromatic amines is 1. The summed E-state index contributed by atoms with van der Waals surface area (Å²) in [7, 11) is 1.36. The van der Waals surface area contributed by atoms with Crippen molar-refractivity contribution in [2.75, 3.05) is 12.9 Å². The normalized spacial score (nSPS) is 10.0. The molecule has 6 heteroatoms. The second-order valence-corrected chi connectivity index (χ2v) is 4.40. The molecule has 0 aliphatic heterocycles. The highest BCUT2D eigenvalue weighted by atomic mass is 32.2. The van der Waals surface area contributed by atoms with Gasteiger partial charge < -0.3 is 9.72 Å². The number of thioether (sulfide) groups is 1. The predicted molar refractivity (Wildman–Crippen MR) is 64.1 cm³/mol. The molecule has 82 valence electrons. The number of nitrogens with zero attached hydrogens (tertiary/aromatic N) is 1. The molecule has 0 radical (unpaired) electrons. The largest absolute Gasteiger partial charge is 0.468 e. The van der Waals surface area contributed by atoms with Crippen molar-refractivity contribution in [1.82, 2.24) is 9.97 Å². The molecule has 1 rings (SSSR count). The first-order chi connectivity index (χ1) is 7.17. The average molecular weight is 244 g/mol. The number of hydrogen-bond donors (Lipinski definition) is 1. The monoisotopic (exact) mass is 244 g/mol. The van der Waals surface area contributed by atoms with Crippen molar-refractivity contribution >= 4 is 34.1 Å². The number of rotatable bonds is 4. The first-order valence-corrected chi connectivity index (χ1v) is 5.84. The van der Waals surface area contributed by atoms with Crippen LogP contribution >= 0.6 is 24.0 Å². The van der Waals surface area contributed by atoms with Crippen molar-refractivity contribution in [3.63, 3.8) is 0 Å². The van der Waals surface area contributed by atoms with E-state index in [1.165, 1.54) is 18.9 Å². The lowest BCUT2D eigenvalue weighted by Gasteiger charge is -1.99. The Balaban J connectivity index is 2.50. The second-order valence-electron chi connectivity index (χ2n) is 2.75. The minimum atomic E-state index is -0.280. The zero-order valence-corrected chi connectivity index (χ0v) is 10.2. The molecular formula is C9H12N2O2S2. The summed E-state index contributed by atoms with van der Waals surface area (Å²) in [5.41, 5.74) is 0.788. The third-order valence-corrected chi connectivity index (χ3v) is 3.17. The van der Waals surface area contributed by atoms with E-state index in [-0.39, 0.29) is 11.7 Å². The topological polar surface area (TPSA) is 55.0 Å². The molecule has 0 saturated carbocycles. The van der Waals surface area contributed by atoms with Crippen molar-refractivity contribution in [3.8, 4) is 0 Å². The number of hydrogen-bond acceptors (Lipinski definition) is 5. The minimum Gasteiger partial charge on any atom is -0.468 e. The first-order valence-electron chi connectivity index (χ1n) is 4.45. The Hall–Kier alpha value is -0.880. The van der Waals surface area contributed by atoms with E-state index in [1.54, 1.807) is 6.20 Å². The number of aromatic nitrogens is 2. The molecule has 0 aromatic carbocycles. The van der Waals surface area contributed by atoms with Crippen LogP contribution < -0.4 is 0 Å². The molecule has 0 atom stereocenters. The maximum atomic E-state index is 10.9. The second kappa shape index (κ2) is 5.87. The number of imidazole rings is 1. The van der Waals surface area contributed by atoms with Crippen LogP contribution in [-0.2, 0) is 16.0 Å². The molecule has 0 aliphatic rings. The van der Waals surface area contributed by atoms with Crippen LogP contribution in [0.25, 0.3) is 0 Å². The number of methoxy groups -OCH3 is 1. The van der Waals surface area contributed by atoms with Gasteiger partial charge in [0, 0.05) is 6.42 Å². The lowest BCUT2D eigenvalue weighted by Crippen LogP contribution is -2.06. The van der Waals surface area contributed by atoms with E-state index in [0.29, 0.717) is 4.20 Å². The molecule has 1 aromatic rings. The summed E-state index contributed by atoms with van der Waals surface area (Å²) in [4.78, 5) is 18.1. The van der Waals surface area contributed by atoms with Gasteiger partial charge in [-0.2, -0.15) is 0 Å². The smallest absolute Gasteiger partial charge is 0.316 e.